The molecule has 1 aromatic rings. The summed E-state index contributed by atoms with van der Waals surface area (Å²) < 4.78 is 0. The number of aromatic nitrogens is 2. The normalized spacial score (nSPS) is 15.9. The largest absolute Gasteiger partial charge is 0.477 e. The Morgan fingerprint density at radius 2 is 2.10 bits per heavy atom. The van der Waals surface area contributed by atoms with Crippen LogP contribution in [0.5, 0.6) is 0 Å². The van der Waals surface area contributed by atoms with Crippen molar-refractivity contribution in [1.29, 1.82) is 0 Å². The van der Waals surface area contributed by atoms with E-state index in [0.29, 0.717) is 13.1 Å². The minimum absolute atomic E-state index is 0.0230. The van der Waals surface area contributed by atoms with Gasteiger partial charge in [-0.15, -0.1) is 0 Å². The van der Waals surface area contributed by atoms with Crippen LogP contribution in [0.15, 0.2) is 18.0 Å². The van der Waals surface area contributed by atoms with Crippen molar-refractivity contribution < 1.29 is 14.7 Å². The summed E-state index contributed by atoms with van der Waals surface area (Å²) in [7, 11) is 0. The second-order valence-electron chi connectivity index (χ2n) is 5.91. The summed E-state index contributed by atoms with van der Waals surface area (Å²) in [5.74, 6) is -1.51. The first-order valence-electron chi connectivity index (χ1n) is 6.56. The Hall–Kier alpha value is -2.11. The van der Waals surface area contributed by atoms with Gasteiger partial charge in [0.15, 0.2) is 11.4 Å². The fraction of sp³-hybridized carbons (Fsp3) is 0.500. The maximum absolute atomic E-state index is 12.3. The summed E-state index contributed by atoms with van der Waals surface area (Å²) in [6.07, 6.45) is 4.09. The molecule has 0 aromatic carbocycles. The molecule has 0 aliphatic carbocycles. The summed E-state index contributed by atoms with van der Waals surface area (Å²) in [6.45, 7) is 7.52. The molecule has 0 atom stereocenters. The number of amides is 1. The Labute approximate surface area is 117 Å². The van der Waals surface area contributed by atoms with E-state index in [1.54, 1.807) is 4.90 Å². The van der Waals surface area contributed by atoms with Crippen LogP contribution in [0.2, 0.25) is 0 Å². The Morgan fingerprint density at radius 3 is 2.60 bits per heavy atom. The lowest BCUT2D eigenvalue weighted by Crippen LogP contribution is -2.37. The molecule has 1 aliphatic heterocycles. The third-order valence-corrected chi connectivity index (χ3v) is 3.52. The molecule has 2 rings (SSSR count). The van der Waals surface area contributed by atoms with Gasteiger partial charge in [-0.3, -0.25) is 4.79 Å². The number of nitrogens with zero attached hydrogens (tertiary/aromatic N) is 2. The van der Waals surface area contributed by atoms with Gasteiger partial charge in [0.05, 0.1) is 6.33 Å². The average molecular weight is 277 g/mol. The van der Waals surface area contributed by atoms with Crippen LogP contribution in [0.4, 0.5) is 0 Å². The van der Waals surface area contributed by atoms with Gasteiger partial charge in [-0.2, -0.15) is 0 Å². The molecule has 0 saturated heterocycles. The molecule has 20 heavy (non-hydrogen) atoms. The molecule has 0 unspecified atom stereocenters. The lowest BCUT2D eigenvalue weighted by atomic mass is 9.83. The van der Waals surface area contributed by atoms with E-state index in [1.165, 1.54) is 11.9 Å². The van der Waals surface area contributed by atoms with Gasteiger partial charge in [0, 0.05) is 13.1 Å². The predicted molar refractivity (Wildman–Crippen MR) is 73.6 cm³/mol. The number of nitrogens with one attached hydrogen (secondary N) is 1. The number of H-pyrrole nitrogens is 1. The van der Waals surface area contributed by atoms with Gasteiger partial charge >= 0.3 is 5.97 Å². The number of hydrogen-bond donors (Lipinski definition) is 2. The SMILES string of the molecule is CC(C)(C)C1=CCN(C(=O)c2nc[nH]c2C(=O)O)CC1. The molecule has 6 nitrogen and oxygen atoms in total. The highest BCUT2D eigenvalue weighted by molar-refractivity contribution is 6.02. The van der Waals surface area contributed by atoms with Crippen LogP contribution in [0.1, 0.15) is 48.2 Å². The number of hydrogen-bond acceptors (Lipinski definition) is 3. The van der Waals surface area contributed by atoms with E-state index in [1.807, 2.05) is 0 Å². The van der Waals surface area contributed by atoms with Gasteiger partial charge in [-0.05, 0) is 11.8 Å². The maximum atomic E-state index is 12.3. The molecular weight excluding hydrogens is 258 g/mol. The Morgan fingerprint density at radius 1 is 1.40 bits per heavy atom. The molecule has 0 radical (unpaired) electrons. The lowest BCUT2D eigenvalue weighted by Gasteiger charge is -2.31. The first kappa shape index (κ1) is 14.3. The minimum Gasteiger partial charge on any atom is -0.477 e. The molecule has 1 aliphatic rings. The van der Waals surface area contributed by atoms with E-state index < -0.39 is 5.97 Å². The Bertz CT molecular complexity index is 566. The zero-order valence-corrected chi connectivity index (χ0v) is 11.9. The first-order chi connectivity index (χ1) is 9.30. The van der Waals surface area contributed by atoms with Gasteiger partial charge in [-0.1, -0.05) is 32.4 Å². The van der Waals surface area contributed by atoms with E-state index in [-0.39, 0.29) is 22.7 Å². The number of carboxylic acid groups (broad SMARTS) is 1. The number of carboxylic acids is 1. The molecule has 0 fully saturated rings. The van der Waals surface area contributed by atoms with Crippen molar-refractivity contribution in [3.63, 3.8) is 0 Å². The summed E-state index contributed by atoms with van der Waals surface area (Å²) >= 11 is 0. The summed E-state index contributed by atoms with van der Waals surface area (Å²) in [5, 5.41) is 9.00. The van der Waals surface area contributed by atoms with E-state index in [4.69, 9.17) is 5.11 Å². The van der Waals surface area contributed by atoms with Crippen molar-refractivity contribution in [1.82, 2.24) is 14.9 Å². The smallest absolute Gasteiger partial charge is 0.354 e. The fourth-order valence-electron chi connectivity index (χ4n) is 2.30. The molecule has 6 heteroatoms. The van der Waals surface area contributed by atoms with Crippen molar-refractivity contribution in [2.24, 2.45) is 5.41 Å². The minimum atomic E-state index is -1.17. The number of rotatable bonds is 2. The van der Waals surface area contributed by atoms with Gasteiger partial charge < -0.3 is 15.0 Å². The molecule has 0 saturated carbocycles. The van der Waals surface area contributed by atoms with Crippen LogP contribution in [0, 0.1) is 5.41 Å². The molecule has 108 valence electrons. The highest BCUT2D eigenvalue weighted by Gasteiger charge is 2.27. The average Bonchev–Trinajstić information content (AvgIpc) is 2.86. The van der Waals surface area contributed by atoms with Gasteiger partial charge in [0.1, 0.15) is 0 Å². The third-order valence-electron chi connectivity index (χ3n) is 3.52. The zero-order chi connectivity index (χ0) is 14.9. The van der Waals surface area contributed by atoms with Crippen LogP contribution in [0.25, 0.3) is 0 Å². The first-order valence-corrected chi connectivity index (χ1v) is 6.56. The number of aromatic carboxylic acids is 1. The predicted octanol–water partition coefficient (Wildman–Crippen LogP) is 1.93. The monoisotopic (exact) mass is 277 g/mol. The Kier molecular flexibility index (Phi) is 3.65. The van der Waals surface area contributed by atoms with Crippen LogP contribution < -0.4 is 0 Å². The second kappa shape index (κ2) is 5.11. The lowest BCUT2D eigenvalue weighted by molar-refractivity contribution is 0.0670. The van der Waals surface area contributed by atoms with Gasteiger partial charge in [-0.25, -0.2) is 9.78 Å². The van der Waals surface area contributed by atoms with Crippen molar-refractivity contribution in [2.75, 3.05) is 13.1 Å². The highest BCUT2D eigenvalue weighted by Crippen LogP contribution is 2.30. The van der Waals surface area contributed by atoms with E-state index in [0.717, 1.165) is 6.42 Å². The summed E-state index contributed by atoms with van der Waals surface area (Å²) in [5.41, 5.74) is 1.25. The zero-order valence-electron chi connectivity index (χ0n) is 11.9. The van der Waals surface area contributed by atoms with E-state index in [2.05, 4.69) is 36.8 Å². The van der Waals surface area contributed by atoms with Crippen LogP contribution >= 0.6 is 0 Å². The molecule has 0 spiro atoms. The fourth-order valence-corrected chi connectivity index (χ4v) is 2.30. The summed E-state index contributed by atoms with van der Waals surface area (Å²) in [6, 6.07) is 0. The van der Waals surface area contributed by atoms with Crippen LogP contribution in [-0.2, 0) is 0 Å². The second-order valence-corrected chi connectivity index (χ2v) is 5.91. The van der Waals surface area contributed by atoms with Crippen LogP contribution in [-0.4, -0.2) is 44.9 Å². The number of carbonyl (C=O) groups excluding carboxylic acids is 1. The molecule has 2 heterocycles. The summed E-state index contributed by atoms with van der Waals surface area (Å²) in [4.78, 5) is 31.2. The molecule has 0 bridgehead atoms. The molecular formula is C14H19N3O3. The topological polar surface area (TPSA) is 86.3 Å². The van der Waals surface area contributed by atoms with Crippen molar-refractivity contribution >= 4 is 11.9 Å². The number of carbonyl (C=O) groups is 2. The van der Waals surface area contributed by atoms with E-state index in [9.17, 15) is 9.59 Å². The standard InChI is InChI=1S/C14H19N3O3/c1-14(2,3)9-4-6-17(7-5-9)12(18)10-11(13(19)20)16-8-15-10/h4,8H,5-7H2,1-3H3,(H,15,16)(H,19,20). The van der Waals surface area contributed by atoms with Crippen molar-refractivity contribution in [3.05, 3.63) is 29.4 Å². The van der Waals surface area contributed by atoms with Gasteiger partial charge in [0.2, 0.25) is 0 Å². The van der Waals surface area contributed by atoms with Crippen molar-refractivity contribution in [3.8, 4) is 0 Å². The highest BCUT2D eigenvalue weighted by atomic mass is 16.4. The number of imidazole rings is 1. The van der Waals surface area contributed by atoms with Crippen LogP contribution in [0.3, 0.4) is 0 Å². The quantitative estimate of drug-likeness (QED) is 0.809. The maximum Gasteiger partial charge on any atom is 0.354 e. The molecule has 2 N–H and O–H groups in total. The van der Waals surface area contributed by atoms with Crippen molar-refractivity contribution in [2.45, 2.75) is 27.2 Å². The molecule has 1 aromatic heterocycles. The van der Waals surface area contributed by atoms with Gasteiger partial charge in [0.25, 0.3) is 5.91 Å². The Balaban J connectivity index is 2.15. The third kappa shape index (κ3) is 2.74. The van der Waals surface area contributed by atoms with E-state index >= 15 is 0 Å². The molecule has 1 amide bonds. The number of aromatic amines is 1.